The Labute approximate surface area is 184 Å². The summed E-state index contributed by atoms with van der Waals surface area (Å²) in [7, 11) is 3.82. The van der Waals surface area contributed by atoms with Crippen molar-refractivity contribution in [1.82, 2.24) is 25.1 Å². The van der Waals surface area contributed by atoms with E-state index in [0.29, 0.717) is 6.54 Å². The first-order chi connectivity index (χ1) is 15.1. The molecule has 0 spiro atoms. The molecule has 1 aliphatic rings. The van der Waals surface area contributed by atoms with Crippen molar-refractivity contribution >= 4 is 11.9 Å². The summed E-state index contributed by atoms with van der Waals surface area (Å²) in [5.41, 5.74) is 7.56. The van der Waals surface area contributed by atoms with Crippen LogP contribution in [-0.2, 0) is 11.3 Å². The number of unbranched alkanes of at least 4 members (excludes halogenated alkanes) is 1. The molecule has 8 nitrogen and oxygen atoms in total. The number of imidazole rings is 1. The molecule has 1 aromatic heterocycles. The molecule has 8 heteroatoms. The highest BCUT2D eigenvalue weighted by atomic mass is 16.1. The Bertz CT molecular complexity index is 841. The van der Waals surface area contributed by atoms with E-state index in [1.807, 2.05) is 31.4 Å². The third kappa shape index (κ3) is 6.82. The number of H-pyrrole nitrogens is 1. The number of amides is 1. The monoisotopic (exact) mass is 425 g/mol. The van der Waals surface area contributed by atoms with Gasteiger partial charge in [0.1, 0.15) is 5.82 Å². The van der Waals surface area contributed by atoms with Gasteiger partial charge in [-0.05, 0) is 50.9 Å². The number of nitrogens with two attached hydrogens (primary N) is 1. The van der Waals surface area contributed by atoms with Crippen molar-refractivity contribution in [2.45, 2.75) is 32.2 Å². The van der Waals surface area contributed by atoms with Gasteiger partial charge in [-0.15, -0.1) is 0 Å². The fourth-order valence-corrected chi connectivity index (χ4v) is 3.99. The van der Waals surface area contributed by atoms with Crippen LogP contribution >= 0.6 is 0 Å². The molecule has 2 aromatic rings. The van der Waals surface area contributed by atoms with Crippen LogP contribution in [0.1, 0.15) is 31.5 Å². The smallest absolute Gasteiger partial charge is 0.220 e. The molecule has 168 valence electrons. The van der Waals surface area contributed by atoms with Crippen molar-refractivity contribution in [3.63, 3.8) is 0 Å². The molecule has 4 N–H and O–H groups in total. The summed E-state index contributed by atoms with van der Waals surface area (Å²) in [6.45, 7) is 4.54. The fourth-order valence-electron chi connectivity index (χ4n) is 3.99. The summed E-state index contributed by atoms with van der Waals surface area (Å²) in [5.74, 6) is 1.68. The number of guanidine groups is 1. The summed E-state index contributed by atoms with van der Waals surface area (Å²) < 4.78 is 0. The molecule has 0 bridgehead atoms. The molecule has 2 heterocycles. The largest absolute Gasteiger partial charge is 0.369 e. The number of carbonyl (C=O) groups excluding carboxylic acids is 1. The number of nitrogens with zero attached hydrogens (tertiary/aromatic N) is 4. The second kappa shape index (κ2) is 11.5. The lowest BCUT2D eigenvalue weighted by Gasteiger charge is -2.30. The van der Waals surface area contributed by atoms with Crippen molar-refractivity contribution in [2.24, 2.45) is 16.6 Å². The van der Waals surface area contributed by atoms with E-state index in [-0.39, 0.29) is 11.8 Å². The van der Waals surface area contributed by atoms with Crippen LogP contribution in [-0.4, -0.2) is 71.9 Å². The number of aromatic amines is 1. The molecule has 0 atom stereocenters. The number of piperidine rings is 1. The van der Waals surface area contributed by atoms with Gasteiger partial charge in [-0.3, -0.25) is 9.79 Å². The second-order valence-electron chi connectivity index (χ2n) is 8.17. The Morgan fingerprint density at radius 3 is 2.71 bits per heavy atom. The molecule has 0 saturated carbocycles. The summed E-state index contributed by atoms with van der Waals surface area (Å²) in [6, 6.07) is 10.2. The van der Waals surface area contributed by atoms with Crippen LogP contribution in [0, 0.1) is 5.92 Å². The molecule has 0 aliphatic carbocycles. The van der Waals surface area contributed by atoms with Crippen LogP contribution in [0.25, 0.3) is 11.3 Å². The summed E-state index contributed by atoms with van der Waals surface area (Å²) in [5, 5.41) is 3.44. The lowest BCUT2D eigenvalue weighted by Crippen LogP contribution is -2.40. The summed E-state index contributed by atoms with van der Waals surface area (Å²) in [4.78, 5) is 28.1. The van der Waals surface area contributed by atoms with Crippen molar-refractivity contribution in [3.05, 3.63) is 42.4 Å². The van der Waals surface area contributed by atoms with Crippen LogP contribution in [0.5, 0.6) is 0 Å². The van der Waals surface area contributed by atoms with Gasteiger partial charge >= 0.3 is 0 Å². The molecule has 1 fully saturated rings. The zero-order valence-electron chi connectivity index (χ0n) is 18.7. The Morgan fingerprint density at radius 1 is 1.29 bits per heavy atom. The minimum atomic E-state index is -0.148. The van der Waals surface area contributed by atoms with Gasteiger partial charge in [-0.25, -0.2) is 4.98 Å². The van der Waals surface area contributed by atoms with Crippen molar-refractivity contribution in [2.75, 3.05) is 40.3 Å². The average molecular weight is 426 g/mol. The predicted octanol–water partition coefficient (Wildman–Crippen LogP) is 2.06. The lowest BCUT2D eigenvalue weighted by molar-refractivity contribution is -0.123. The molecule has 1 aromatic carbocycles. The van der Waals surface area contributed by atoms with E-state index in [2.05, 4.69) is 42.2 Å². The first-order valence-electron chi connectivity index (χ1n) is 11.1. The number of hydrogen-bond donors (Lipinski definition) is 3. The number of benzene rings is 1. The number of carbonyl (C=O) groups is 1. The molecule has 0 unspecified atom stereocenters. The van der Waals surface area contributed by atoms with E-state index in [9.17, 15) is 4.79 Å². The number of hydrogen-bond acceptors (Lipinski definition) is 4. The van der Waals surface area contributed by atoms with Gasteiger partial charge < -0.3 is 25.8 Å². The van der Waals surface area contributed by atoms with Gasteiger partial charge in [-0.2, -0.15) is 0 Å². The quantitative estimate of drug-likeness (QED) is 0.324. The van der Waals surface area contributed by atoms with Gasteiger partial charge in [0.15, 0.2) is 5.96 Å². The molecular weight excluding hydrogens is 390 g/mol. The lowest BCUT2D eigenvalue weighted by atomic mass is 9.96. The topological polar surface area (TPSA) is 103 Å². The number of aliphatic imine (C=N–C) groups is 1. The zero-order chi connectivity index (χ0) is 22.1. The third-order valence-electron chi connectivity index (χ3n) is 5.85. The van der Waals surface area contributed by atoms with E-state index in [1.54, 1.807) is 7.05 Å². The van der Waals surface area contributed by atoms with Crippen LogP contribution in [0.2, 0.25) is 0 Å². The Hall–Kier alpha value is -2.87. The van der Waals surface area contributed by atoms with E-state index >= 15 is 0 Å². The highest BCUT2D eigenvalue weighted by Crippen LogP contribution is 2.17. The normalized spacial score (nSPS) is 15.7. The molecule has 1 saturated heterocycles. The number of nitrogens with one attached hydrogen (secondary N) is 2. The molecule has 0 radical (unpaired) electrons. The average Bonchev–Trinajstić information content (AvgIpc) is 3.25. The molecule has 31 heavy (non-hydrogen) atoms. The summed E-state index contributed by atoms with van der Waals surface area (Å²) >= 11 is 0. The predicted molar refractivity (Wildman–Crippen MR) is 124 cm³/mol. The number of primary amides is 1. The number of aromatic nitrogens is 2. The van der Waals surface area contributed by atoms with E-state index < -0.39 is 0 Å². The maximum absolute atomic E-state index is 11.3. The molecule has 1 aliphatic heterocycles. The van der Waals surface area contributed by atoms with E-state index in [4.69, 9.17) is 5.73 Å². The van der Waals surface area contributed by atoms with Gasteiger partial charge in [0.05, 0.1) is 18.4 Å². The first kappa shape index (κ1) is 22.8. The highest BCUT2D eigenvalue weighted by Gasteiger charge is 2.22. The van der Waals surface area contributed by atoms with E-state index in [0.717, 1.165) is 74.9 Å². The maximum Gasteiger partial charge on any atom is 0.220 e. The standard InChI is InChI=1S/C23H35N7O/c1-25-23(26-12-6-7-13-30-14-10-19(11-15-30)22(24)31)29(2)17-21-27-16-20(28-21)18-8-4-3-5-9-18/h3-5,8-9,16,19H,6-7,10-15,17H2,1-2H3,(H2,24,31)(H,25,26)(H,27,28). The van der Waals surface area contributed by atoms with Gasteiger partial charge in [-0.1, -0.05) is 30.3 Å². The Morgan fingerprint density at radius 2 is 2.03 bits per heavy atom. The minimum Gasteiger partial charge on any atom is -0.369 e. The van der Waals surface area contributed by atoms with Gasteiger partial charge in [0.25, 0.3) is 0 Å². The minimum absolute atomic E-state index is 0.0645. The number of rotatable bonds is 9. The van der Waals surface area contributed by atoms with Crippen LogP contribution in [0.15, 0.2) is 41.5 Å². The second-order valence-corrected chi connectivity index (χ2v) is 8.17. The first-order valence-corrected chi connectivity index (χ1v) is 11.1. The molecule has 1 amide bonds. The van der Waals surface area contributed by atoms with Crippen molar-refractivity contribution in [3.8, 4) is 11.3 Å². The van der Waals surface area contributed by atoms with Crippen molar-refractivity contribution in [1.29, 1.82) is 0 Å². The molecular formula is C23H35N7O. The van der Waals surface area contributed by atoms with Gasteiger partial charge in [0.2, 0.25) is 5.91 Å². The highest BCUT2D eigenvalue weighted by molar-refractivity contribution is 5.79. The maximum atomic E-state index is 11.3. The Kier molecular flexibility index (Phi) is 8.46. The molecule has 3 rings (SSSR count). The van der Waals surface area contributed by atoms with Crippen LogP contribution in [0.3, 0.4) is 0 Å². The zero-order valence-corrected chi connectivity index (χ0v) is 18.7. The van der Waals surface area contributed by atoms with Gasteiger partial charge in [0, 0.05) is 26.6 Å². The number of likely N-dealkylation sites (tertiary alicyclic amines) is 1. The summed E-state index contributed by atoms with van der Waals surface area (Å²) in [6.07, 6.45) is 5.85. The Balaban J connectivity index is 1.35. The van der Waals surface area contributed by atoms with Crippen molar-refractivity contribution < 1.29 is 4.79 Å². The third-order valence-corrected chi connectivity index (χ3v) is 5.85. The van der Waals surface area contributed by atoms with E-state index in [1.165, 1.54) is 0 Å². The van der Waals surface area contributed by atoms with Crippen LogP contribution in [0.4, 0.5) is 0 Å². The fraction of sp³-hybridized carbons (Fsp3) is 0.522. The van der Waals surface area contributed by atoms with Crippen LogP contribution < -0.4 is 11.1 Å². The SMILES string of the molecule is CN=C(NCCCCN1CCC(C(N)=O)CC1)N(C)Cc1ncc(-c2ccccc2)[nH]1.